The lowest BCUT2D eigenvalue weighted by atomic mass is 10.1. The van der Waals surface area contributed by atoms with E-state index < -0.39 is 0 Å². The standard InChI is InChI=1S/C15H16BrClN2/c1-19(9-11-5-7-12(16)8-6-11)10-13-14(17)3-2-4-15(13)18/h2-8H,9-10,18H2,1H3. The van der Waals surface area contributed by atoms with Crippen molar-refractivity contribution in [3.8, 4) is 0 Å². The molecule has 0 unspecified atom stereocenters. The highest BCUT2D eigenvalue weighted by molar-refractivity contribution is 9.10. The molecule has 2 rings (SSSR count). The van der Waals surface area contributed by atoms with Crippen LogP contribution in [0.1, 0.15) is 11.1 Å². The summed E-state index contributed by atoms with van der Waals surface area (Å²) in [6, 6.07) is 13.9. The molecular formula is C15H16BrClN2. The minimum Gasteiger partial charge on any atom is -0.398 e. The molecule has 2 N–H and O–H groups in total. The van der Waals surface area contributed by atoms with Gasteiger partial charge in [0, 0.05) is 33.8 Å². The first kappa shape index (κ1) is 14.4. The Morgan fingerprint density at radius 1 is 1.11 bits per heavy atom. The molecule has 0 aliphatic heterocycles. The van der Waals surface area contributed by atoms with Crippen LogP contribution in [0.4, 0.5) is 5.69 Å². The first-order chi connectivity index (χ1) is 9.06. The van der Waals surface area contributed by atoms with E-state index in [1.807, 2.05) is 30.3 Å². The van der Waals surface area contributed by atoms with Gasteiger partial charge in [-0.15, -0.1) is 0 Å². The molecule has 0 aliphatic carbocycles. The summed E-state index contributed by atoms with van der Waals surface area (Å²) in [6.45, 7) is 1.60. The van der Waals surface area contributed by atoms with Gasteiger partial charge in [-0.25, -0.2) is 0 Å². The molecule has 0 saturated carbocycles. The molecule has 2 nitrogen and oxygen atoms in total. The Hall–Kier alpha value is -1.03. The van der Waals surface area contributed by atoms with Crippen LogP contribution in [0.15, 0.2) is 46.9 Å². The Morgan fingerprint density at radius 2 is 1.79 bits per heavy atom. The van der Waals surface area contributed by atoms with Gasteiger partial charge in [-0.2, -0.15) is 0 Å². The molecule has 100 valence electrons. The molecule has 0 amide bonds. The number of benzene rings is 2. The van der Waals surface area contributed by atoms with E-state index in [1.165, 1.54) is 5.56 Å². The SMILES string of the molecule is CN(Cc1ccc(Br)cc1)Cc1c(N)cccc1Cl. The maximum Gasteiger partial charge on any atom is 0.0471 e. The third kappa shape index (κ3) is 3.96. The molecule has 0 radical (unpaired) electrons. The number of halogens is 2. The van der Waals surface area contributed by atoms with E-state index in [4.69, 9.17) is 17.3 Å². The molecule has 0 fully saturated rings. The monoisotopic (exact) mass is 338 g/mol. The summed E-state index contributed by atoms with van der Waals surface area (Å²) in [7, 11) is 2.06. The number of hydrogen-bond donors (Lipinski definition) is 1. The first-order valence-corrected chi connectivity index (χ1v) is 7.19. The summed E-state index contributed by atoms with van der Waals surface area (Å²) in [5.41, 5.74) is 8.96. The van der Waals surface area contributed by atoms with Gasteiger partial charge in [-0.05, 0) is 36.9 Å². The van der Waals surface area contributed by atoms with Gasteiger partial charge < -0.3 is 5.73 Å². The topological polar surface area (TPSA) is 29.3 Å². The summed E-state index contributed by atoms with van der Waals surface area (Å²) in [5.74, 6) is 0. The second-order valence-electron chi connectivity index (χ2n) is 4.61. The second kappa shape index (κ2) is 6.42. The van der Waals surface area contributed by atoms with Crippen molar-refractivity contribution in [2.75, 3.05) is 12.8 Å². The van der Waals surface area contributed by atoms with Crippen molar-refractivity contribution in [2.24, 2.45) is 0 Å². The van der Waals surface area contributed by atoms with Crippen molar-refractivity contribution in [1.29, 1.82) is 0 Å². The molecule has 4 heteroatoms. The lowest BCUT2D eigenvalue weighted by Gasteiger charge is -2.19. The van der Waals surface area contributed by atoms with Gasteiger partial charge in [0.2, 0.25) is 0 Å². The van der Waals surface area contributed by atoms with Crippen molar-refractivity contribution >= 4 is 33.2 Å². The molecular weight excluding hydrogens is 324 g/mol. The predicted molar refractivity (Wildman–Crippen MR) is 85.2 cm³/mol. The van der Waals surface area contributed by atoms with Crippen LogP contribution in [-0.4, -0.2) is 11.9 Å². The van der Waals surface area contributed by atoms with E-state index in [-0.39, 0.29) is 0 Å². The Kier molecular flexibility index (Phi) is 4.86. The zero-order valence-electron chi connectivity index (χ0n) is 10.7. The average molecular weight is 340 g/mol. The molecule has 2 aromatic rings. The Labute approximate surface area is 127 Å². The molecule has 0 bridgehead atoms. The maximum absolute atomic E-state index is 6.18. The maximum atomic E-state index is 6.18. The number of nitrogens with zero attached hydrogens (tertiary/aromatic N) is 1. The van der Waals surface area contributed by atoms with Crippen LogP contribution in [0.3, 0.4) is 0 Å². The highest BCUT2D eigenvalue weighted by Crippen LogP contribution is 2.23. The minimum absolute atomic E-state index is 0.725. The van der Waals surface area contributed by atoms with E-state index in [0.29, 0.717) is 0 Å². The molecule has 0 heterocycles. The van der Waals surface area contributed by atoms with Crippen LogP contribution >= 0.6 is 27.5 Å². The number of rotatable bonds is 4. The third-order valence-corrected chi connectivity index (χ3v) is 3.83. The van der Waals surface area contributed by atoms with Crippen molar-refractivity contribution in [1.82, 2.24) is 4.90 Å². The Morgan fingerprint density at radius 3 is 2.42 bits per heavy atom. The molecule has 0 aromatic heterocycles. The summed E-state index contributed by atoms with van der Waals surface area (Å²) in [6.07, 6.45) is 0. The van der Waals surface area contributed by atoms with Crippen molar-refractivity contribution in [3.63, 3.8) is 0 Å². The van der Waals surface area contributed by atoms with Crippen LogP contribution in [-0.2, 0) is 13.1 Å². The van der Waals surface area contributed by atoms with Crippen LogP contribution in [0.2, 0.25) is 5.02 Å². The highest BCUT2D eigenvalue weighted by Gasteiger charge is 2.08. The van der Waals surface area contributed by atoms with E-state index in [1.54, 1.807) is 0 Å². The van der Waals surface area contributed by atoms with Gasteiger partial charge in [0.25, 0.3) is 0 Å². The molecule has 0 spiro atoms. The summed E-state index contributed by atoms with van der Waals surface area (Å²) in [4.78, 5) is 2.20. The molecule has 0 atom stereocenters. The third-order valence-electron chi connectivity index (χ3n) is 2.95. The van der Waals surface area contributed by atoms with E-state index in [2.05, 4.69) is 40.0 Å². The minimum atomic E-state index is 0.725. The second-order valence-corrected chi connectivity index (χ2v) is 5.93. The van der Waals surface area contributed by atoms with Crippen LogP contribution in [0.5, 0.6) is 0 Å². The quantitative estimate of drug-likeness (QED) is 0.841. The van der Waals surface area contributed by atoms with Gasteiger partial charge >= 0.3 is 0 Å². The largest absolute Gasteiger partial charge is 0.398 e. The molecule has 0 aliphatic rings. The van der Waals surface area contributed by atoms with Crippen molar-refractivity contribution in [2.45, 2.75) is 13.1 Å². The lowest BCUT2D eigenvalue weighted by molar-refractivity contribution is 0.319. The Balaban J connectivity index is 2.05. The zero-order valence-corrected chi connectivity index (χ0v) is 13.1. The highest BCUT2D eigenvalue weighted by atomic mass is 79.9. The zero-order chi connectivity index (χ0) is 13.8. The van der Waals surface area contributed by atoms with Gasteiger partial charge in [-0.3, -0.25) is 4.90 Å². The fourth-order valence-electron chi connectivity index (χ4n) is 1.97. The fraction of sp³-hybridized carbons (Fsp3) is 0.200. The van der Waals surface area contributed by atoms with E-state index >= 15 is 0 Å². The van der Waals surface area contributed by atoms with Crippen LogP contribution < -0.4 is 5.73 Å². The summed E-state index contributed by atoms with van der Waals surface area (Å²) >= 11 is 9.62. The fourth-order valence-corrected chi connectivity index (χ4v) is 2.48. The average Bonchev–Trinajstić information content (AvgIpc) is 2.37. The normalized spacial score (nSPS) is 10.9. The summed E-state index contributed by atoms with van der Waals surface area (Å²) in [5, 5.41) is 0.725. The van der Waals surface area contributed by atoms with E-state index in [0.717, 1.165) is 33.8 Å². The van der Waals surface area contributed by atoms with Crippen LogP contribution in [0, 0.1) is 0 Å². The number of hydrogen-bond acceptors (Lipinski definition) is 2. The van der Waals surface area contributed by atoms with E-state index in [9.17, 15) is 0 Å². The van der Waals surface area contributed by atoms with Gasteiger partial charge in [-0.1, -0.05) is 45.7 Å². The van der Waals surface area contributed by atoms with Gasteiger partial charge in [0.15, 0.2) is 0 Å². The van der Waals surface area contributed by atoms with Crippen LogP contribution in [0.25, 0.3) is 0 Å². The first-order valence-electron chi connectivity index (χ1n) is 6.02. The van der Waals surface area contributed by atoms with Gasteiger partial charge in [0.1, 0.15) is 0 Å². The lowest BCUT2D eigenvalue weighted by Crippen LogP contribution is -2.18. The van der Waals surface area contributed by atoms with Gasteiger partial charge in [0.05, 0.1) is 0 Å². The summed E-state index contributed by atoms with van der Waals surface area (Å²) < 4.78 is 1.09. The number of nitrogen functional groups attached to an aromatic ring is 1. The number of nitrogens with two attached hydrogens (primary N) is 1. The Bertz CT molecular complexity index is 534. The number of anilines is 1. The van der Waals surface area contributed by atoms with Crippen molar-refractivity contribution < 1.29 is 0 Å². The predicted octanol–water partition coefficient (Wildman–Crippen LogP) is 4.32. The molecule has 19 heavy (non-hydrogen) atoms. The molecule has 2 aromatic carbocycles. The molecule has 0 saturated heterocycles. The smallest absolute Gasteiger partial charge is 0.0471 e. The van der Waals surface area contributed by atoms with Crippen molar-refractivity contribution in [3.05, 3.63) is 63.1 Å².